The zero-order chi connectivity index (χ0) is 13.7. The molecule has 0 N–H and O–H groups in total. The van der Waals surface area contributed by atoms with Crippen molar-refractivity contribution in [2.24, 2.45) is 17.3 Å². The van der Waals surface area contributed by atoms with Gasteiger partial charge in [-0.15, -0.1) is 11.6 Å². The summed E-state index contributed by atoms with van der Waals surface area (Å²) in [5, 5.41) is 0. The van der Waals surface area contributed by atoms with E-state index in [2.05, 4.69) is 0 Å². The lowest BCUT2D eigenvalue weighted by Gasteiger charge is -2.28. The van der Waals surface area contributed by atoms with E-state index in [0.29, 0.717) is 5.88 Å². The molecule has 104 valence electrons. The highest BCUT2D eigenvalue weighted by Gasteiger charge is 2.53. The monoisotopic (exact) mass is 288 g/mol. The summed E-state index contributed by atoms with van der Waals surface area (Å²) in [7, 11) is 0. The zero-order valence-corrected chi connectivity index (χ0v) is 11.3. The molecule has 2 saturated carbocycles. The van der Waals surface area contributed by atoms with Crippen LogP contribution in [0, 0.1) is 17.3 Å². The minimum absolute atomic E-state index is 0.120. The first kappa shape index (κ1) is 13.3. The Bertz CT molecular complexity index is 453. The van der Waals surface area contributed by atoms with Gasteiger partial charge in [0.05, 0.1) is 5.56 Å². The summed E-state index contributed by atoms with van der Waals surface area (Å²) in [6.07, 6.45) is 0.162. The predicted molar refractivity (Wildman–Crippen MR) is 69.1 cm³/mol. The number of benzene rings is 1. The Hall–Kier alpha value is -0.700. The smallest absolute Gasteiger partial charge is 0.166 e. The fourth-order valence-corrected chi connectivity index (χ4v) is 3.86. The highest BCUT2D eigenvalue weighted by atomic mass is 35.5. The SMILES string of the molecule is FC(F)(F)c1ccc(CC2(CCl)CC3CC3C2)cc1. The van der Waals surface area contributed by atoms with Gasteiger partial charge in [-0.05, 0) is 60.6 Å². The van der Waals surface area contributed by atoms with Crippen LogP contribution in [0.1, 0.15) is 30.4 Å². The molecular formula is C15H16ClF3. The zero-order valence-electron chi connectivity index (χ0n) is 10.5. The minimum atomic E-state index is -4.25. The molecule has 19 heavy (non-hydrogen) atoms. The van der Waals surface area contributed by atoms with E-state index in [1.807, 2.05) is 0 Å². The molecule has 2 aliphatic rings. The summed E-state index contributed by atoms with van der Waals surface area (Å²) in [5.41, 5.74) is 0.509. The molecule has 1 aromatic carbocycles. The van der Waals surface area contributed by atoms with Gasteiger partial charge in [-0.1, -0.05) is 12.1 Å². The molecule has 0 amide bonds. The van der Waals surface area contributed by atoms with Crippen LogP contribution in [0.4, 0.5) is 13.2 Å². The molecule has 0 saturated heterocycles. The van der Waals surface area contributed by atoms with Crippen molar-refractivity contribution in [3.63, 3.8) is 0 Å². The van der Waals surface area contributed by atoms with Crippen molar-refractivity contribution in [1.29, 1.82) is 0 Å². The molecule has 2 atom stereocenters. The molecule has 0 spiro atoms. The maximum atomic E-state index is 12.5. The Morgan fingerprint density at radius 3 is 2.16 bits per heavy atom. The van der Waals surface area contributed by atoms with Crippen molar-refractivity contribution in [1.82, 2.24) is 0 Å². The molecule has 4 heteroatoms. The van der Waals surface area contributed by atoms with Crippen molar-refractivity contribution in [3.05, 3.63) is 35.4 Å². The van der Waals surface area contributed by atoms with Gasteiger partial charge < -0.3 is 0 Å². The van der Waals surface area contributed by atoms with Gasteiger partial charge >= 0.3 is 6.18 Å². The molecule has 2 aliphatic carbocycles. The lowest BCUT2D eigenvalue weighted by molar-refractivity contribution is -0.137. The molecule has 2 fully saturated rings. The Kier molecular flexibility index (Phi) is 3.08. The number of hydrogen-bond donors (Lipinski definition) is 0. The molecule has 0 heterocycles. The second kappa shape index (κ2) is 4.41. The average Bonchev–Trinajstić information content (AvgIpc) is 2.97. The van der Waals surface area contributed by atoms with Gasteiger partial charge in [0, 0.05) is 5.88 Å². The Labute approximate surface area is 116 Å². The predicted octanol–water partition coefficient (Wildman–Crippen LogP) is 4.90. The summed E-state index contributed by atoms with van der Waals surface area (Å²) >= 11 is 6.12. The maximum absolute atomic E-state index is 12.5. The molecular weight excluding hydrogens is 273 g/mol. The lowest BCUT2D eigenvalue weighted by Crippen LogP contribution is -2.24. The van der Waals surface area contributed by atoms with Gasteiger partial charge in [0.2, 0.25) is 0 Å². The van der Waals surface area contributed by atoms with E-state index in [1.165, 1.54) is 18.6 Å². The summed E-state index contributed by atoms with van der Waals surface area (Å²) in [5.74, 6) is 2.27. The fourth-order valence-electron chi connectivity index (χ4n) is 3.55. The maximum Gasteiger partial charge on any atom is 0.416 e. The van der Waals surface area contributed by atoms with Crippen LogP contribution >= 0.6 is 11.6 Å². The molecule has 0 aromatic heterocycles. The quantitative estimate of drug-likeness (QED) is 0.694. The van der Waals surface area contributed by atoms with E-state index in [4.69, 9.17) is 11.6 Å². The first-order valence-electron chi connectivity index (χ1n) is 6.64. The van der Waals surface area contributed by atoms with Crippen molar-refractivity contribution in [3.8, 4) is 0 Å². The Morgan fingerprint density at radius 2 is 1.68 bits per heavy atom. The second-order valence-corrected chi connectivity index (χ2v) is 6.44. The van der Waals surface area contributed by atoms with Crippen LogP contribution in [0.2, 0.25) is 0 Å². The fraction of sp³-hybridized carbons (Fsp3) is 0.600. The van der Waals surface area contributed by atoms with Crippen LogP contribution in [0.15, 0.2) is 24.3 Å². The van der Waals surface area contributed by atoms with Gasteiger partial charge in [0.1, 0.15) is 0 Å². The van der Waals surface area contributed by atoms with Crippen molar-refractivity contribution in [2.75, 3.05) is 5.88 Å². The lowest BCUT2D eigenvalue weighted by atomic mass is 9.79. The van der Waals surface area contributed by atoms with Crippen LogP contribution < -0.4 is 0 Å². The van der Waals surface area contributed by atoms with E-state index in [-0.39, 0.29) is 5.41 Å². The topological polar surface area (TPSA) is 0 Å². The van der Waals surface area contributed by atoms with Crippen molar-refractivity contribution < 1.29 is 13.2 Å². The molecule has 0 radical (unpaired) electrons. The molecule has 0 nitrogen and oxygen atoms in total. The van der Waals surface area contributed by atoms with E-state index in [9.17, 15) is 13.2 Å². The third-order valence-corrected chi connectivity index (χ3v) is 5.17. The number of fused-ring (bicyclic) bond motifs is 1. The first-order valence-corrected chi connectivity index (χ1v) is 7.17. The van der Waals surface area contributed by atoms with Gasteiger partial charge in [0.15, 0.2) is 0 Å². The van der Waals surface area contributed by atoms with Crippen LogP contribution in [-0.2, 0) is 12.6 Å². The molecule has 1 aromatic rings. The Balaban J connectivity index is 1.73. The van der Waals surface area contributed by atoms with E-state index in [0.717, 1.165) is 36.7 Å². The number of hydrogen-bond acceptors (Lipinski definition) is 0. The number of rotatable bonds is 3. The average molecular weight is 289 g/mol. The van der Waals surface area contributed by atoms with Crippen LogP contribution in [-0.4, -0.2) is 5.88 Å². The summed E-state index contributed by atoms with van der Waals surface area (Å²) in [4.78, 5) is 0. The van der Waals surface area contributed by atoms with Gasteiger partial charge in [-0.2, -0.15) is 13.2 Å². The first-order chi connectivity index (χ1) is 8.92. The van der Waals surface area contributed by atoms with Gasteiger partial charge in [0.25, 0.3) is 0 Å². The van der Waals surface area contributed by atoms with Crippen LogP contribution in [0.5, 0.6) is 0 Å². The largest absolute Gasteiger partial charge is 0.416 e. The number of alkyl halides is 4. The summed E-state index contributed by atoms with van der Waals surface area (Å²) in [6.45, 7) is 0. The standard InChI is InChI=1S/C15H16ClF3/c16-9-14(7-11-5-12(11)8-14)6-10-1-3-13(4-2-10)15(17,18)19/h1-4,11-12H,5-9H2. The van der Waals surface area contributed by atoms with Crippen LogP contribution in [0.3, 0.4) is 0 Å². The van der Waals surface area contributed by atoms with Crippen molar-refractivity contribution >= 4 is 11.6 Å². The Morgan fingerprint density at radius 1 is 1.11 bits per heavy atom. The third-order valence-electron chi connectivity index (χ3n) is 4.60. The van der Waals surface area contributed by atoms with E-state index >= 15 is 0 Å². The second-order valence-electron chi connectivity index (χ2n) is 6.17. The third kappa shape index (κ3) is 2.62. The molecule has 0 bridgehead atoms. The van der Waals surface area contributed by atoms with Gasteiger partial charge in [-0.25, -0.2) is 0 Å². The van der Waals surface area contributed by atoms with E-state index in [1.54, 1.807) is 12.1 Å². The summed E-state index contributed by atoms with van der Waals surface area (Å²) in [6, 6.07) is 5.54. The molecule has 3 rings (SSSR count). The molecule has 0 aliphatic heterocycles. The highest BCUT2D eigenvalue weighted by Crippen LogP contribution is 2.61. The van der Waals surface area contributed by atoms with Crippen molar-refractivity contribution in [2.45, 2.75) is 31.9 Å². The normalized spacial score (nSPS) is 33.3. The molecule has 2 unspecified atom stereocenters. The summed E-state index contributed by atoms with van der Waals surface area (Å²) < 4.78 is 37.5. The van der Waals surface area contributed by atoms with Crippen LogP contribution in [0.25, 0.3) is 0 Å². The van der Waals surface area contributed by atoms with Gasteiger partial charge in [-0.3, -0.25) is 0 Å². The number of halogens is 4. The highest BCUT2D eigenvalue weighted by molar-refractivity contribution is 6.18. The minimum Gasteiger partial charge on any atom is -0.166 e. The van der Waals surface area contributed by atoms with E-state index < -0.39 is 11.7 Å².